The molecule has 118 valence electrons. The summed E-state index contributed by atoms with van der Waals surface area (Å²) in [7, 11) is 0. The van der Waals surface area contributed by atoms with E-state index in [1.54, 1.807) is 19.1 Å². The van der Waals surface area contributed by atoms with E-state index >= 15 is 0 Å². The Morgan fingerprint density at radius 2 is 2.00 bits per heavy atom. The van der Waals surface area contributed by atoms with Gasteiger partial charge in [-0.25, -0.2) is 4.39 Å². The number of carbonyl (C=O) groups is 1. The van der Waals surface area contributed by atoms with Gasteiger partial charge in [-0.3, -0.25) is 9.69 Å². The maximum absolute atomic E-state index is 13.4. The number of carbonyl (C=O) groups excluding carboxylic acids is 1. The molecule has 0 aliphatic carbocycles. The highest BCUT2D eigenvalue weighted by atomic mass is 19.1. The molecule has 0 bridgehead atoms. The van der Waals surface area contributed by atoms with Gasteiger partial charge in [-0.15, -0.1) is 0 Å². The SMILES string of the molecule is Cc1cccc(C2=NOC(C)C(=O)N2Cc2cccc(F)c2)c1. The molecule has 1 aliphatic heterocycles. The zero-order valence-electron chi connectivity index (χ0n) is 13.0. The summed E-state index contributed by atoms with van der Waals surface area (Å²) < 4.78 is 13.4. The highest BCUT2D eigenvalue weighted by molar-refractivity contribution is 6.09. The van der Waals surface area contributed by atoms with Crippen LogP contribution in [0, 0.1) is 12.7 Å². The van der Waals surface area contributed by atoms with Gasteiger partial charge < -0.3 is 4.84 Å². The summed E-state index contributed by atoms with van der Waals surface area (Å²) in [5.74, 6) is -0.0767. The molecule has 23 heavy (non-hydrogen) atoms. The minimum atomic E-state index is -0.655. The largest absolute Gasteiger partial charge is 0.381 e. The number of hydrogen-bond acceptors (Lipinski definition) is 3. The van der Waals surface area contributed by atoms with Gasteiger partial charge in [0, 0.05) is 5.56 Å². The maximum Gasteiger partial charge on any atom is 0.272 e. The normalized spacial score (nSPS) is 17.7. The Hall–Kier alpha value is -2.69. The summed E-state index contributed by atoms with van der Waals surface area (Å²) in [6, 6.07) is 13.9. The first-order valence-corrected chi connectivity index (χ1v) is 7.41. The molecule has 0 fully saturated rings. The van der Waals surface area contributed by atoms with Crippen LogP contribution in [0.25, 0.3) is 0 Å². The summed E-state index contributed by atoms with van der Waals surface area (Å²) in [5.41, 5.74) is 2.55. The molecule has 1 unspecified atom stereocenters. The van der Waals surface area contributed by atoms with Crippen LogP contribution in [0.1, 0.15) is 23.6 Å². The lowest BCUT2D eigenvalue weighted by atomic mass is 10.1. The van der Waals surface area contributed by atoms with Crippen LogP contribution >= 0.6 is 0 Å². The molecule has 3 rings (SSSR count). The highest BCUT2D eigenvalue weighted by Gasteiger charge is 2.31. The van der Waals surface area contributed by atoms with Crippen LogP contribution < -0.4 is 0 Å². The van der Waals surface area contributed by atoms with E-state index in [1.807, 2.05) is 31.2 Å². The van der Waals surface area contributed by atoms with Crippen LogP contribution in [0.15, 0.2) is 53.7 Å². The van der Waals surface area contributed by atoms with Crippen LogP contribution in [0.2, 0.25) is 0 Å². The van der Waals surface area contributed by atoms with E-state index in [2.05, 4.69) is 5.16 Å². The van der Waals surface area contributed by atoms with Crippen molar-refractivity contribution in [1.29, 1.82) is 0 Å². The zero-order chi connectivity index (χ0) is 16.4. The Morgan fingerprint density at radius 1 is 1.22 bits per heavy atom. The van der Waals surface area contributed by atoms with Crippen LogP contribution in [0.5, 0.6) is 0 Å². The monoisotopic (exact) mass is 312 g/mol. The minimum Gasteiger partial charge on any atom is -0.381 e. The summed E-state index contributed by atoms with van der Waals surface area (Å²) >= 11 is 0. The van der Waals surface area contributed by atoms with Crippen molar-refractivity contribution in [2.45, 2.75) is 26.5 Å². The van der Waals surface area contributed by atoms with Crippen LogP contribution in [0.3, 0.4) is 0 Å². The smallest absolute Gasteiger partial charge is 0.272 e. The Balaban J connectivity index is 1.97. The van der Waals surface area contributed by atoms with E-state index in [1.165, 1.54) is 17.0 Å². The average molecular weight is 312 g/mol. The second kappa shape index (κ2) is 6.20. The molecule has 1 atom stereocenters. The lowest BCUT2D eigenvalue weighted by Gasteiger charge is -2.30. The van der Waals surface area contributed by atoms with Crippen LogP contribution in [0.4, 0.5) is 4.39 Å². The lowest BCUT2D eigenvalue weighted by Crippen LogP contribution is -2.46. The quantitative estimate of drug-likeness (QED) is 0.873. The molecule has 0 saturated heterocycles. The molecule has 2 aromatic carbocycles. The number of nitrogens with zero attached hydrogens (tertiary/aromatic N) is 2. The molecular weight excluding hydrogens is 295 g/mol. The van der Waals surface area contributed by atoms with Crippen molar-refractivity contribution in [2.75, 3.05) is 0 Å². The molecule has 0 N–H and O–H groups in total. The maximum atomic E-state index is 13.4. The number of amidine groups is 1. The van der Waals surface area contributed by atoms with E-state index in [0.29, 0.717) is 11.4 Å². The highest BCUT2D eigenvalue weighted by Crippen LogP contribution is 2.19. The van der Waals surface area contributed by atoms with Crippen molar-refractivity contribution >= 4 is 11.7 Å². The molecule has 1 heterocycles. The Kier molecular flexibility index (Phi) is 4.10. The molecule has 0 radical (unpaired) electrons. The van der Waals surface area contributed by atoms with Gasteiger partial charge in [0.1, 0.15) is 5.82 Å². The fraction of sp³-hybridized carbons (Fsp3) is 0.222. The van der Waals surface area contributed by atoms with Crippen molar-refractivity contribution in [2.24, 2.45) is 5.16 Å². The third kappa shape index (κ3) is 3.23. The van der Waals surface area contributed by atoms with E-state index in [-0.39, 0.29) is 18.3 Å². The van der Waals surface area contributed by atoms with Gasteiger partial charge in [0.2, 0.25) is 6.10 Å². The predicted octanol–water partition coefficient (Wildman–Crippen LogP) is 3.24. The average Bonchev–Trinajstić information content (AvgIpc) is 2.52. The van der Waals surface area contributed by atoms with Gasteiger partial charge in [-0.1, -0.05) is 41.1 Å². The van der Waals surface area contributed by atoms with Gasteiger partial charge in [-0.2, -0.15) is 0 Å². The van der Waals surface area contributed by atoms with Gasteiger partial charge >= 0.3 is 0 Å². The summed E-state index contributed by atoms with van der Waals surface area (Å²) in [5, 5.41) is 4.10. The molecule has 2 aromatic rings. The van der Waals surface area contributed by atoms with Gasteiger partial charge in [0.25, 0.3) is 5.91 Å². The first-order valence-electron chi connectivity index (χ1n) is 7.41. The zero-order valence-corrected chi connectivity index (χ0v) is 13.0. The van der Waals surface area contributed by atoms with Crippen molar-refractivity contribution in [3.8, 4) is 0 Å². The van der Waals surface area contributed by atoms with Crippen LogP contribution in [-0.4, -0.2) is 22.7 Å². The second-order valence-electron chi connectivity index (χ2n) is 5.59. The topological polar surface area (TPSA) is 41.9 Å². The van der Waals surface area contributed by atoms with Crippen molar-refractivity contribution < 1.29 is 14.0 Å². The number of aryl methyl sites for hydroxylation is 1. The lowest BCUT2D eigenvalue weighted by molar-refractivity contribution is -0.142. The molecule has 0 spiro atoms. The fourth-order valence-corrected chi connectivity index (χ4v) is 2.51. The Bertz CT molecular complexity index is 773. The number of benzene rings is 2. The molecule has 1 amide bonds. The summed E-state index contributed by atoms with van der Waals surface area (Å²) in [6.45, 7) is 3.86. The van der Waals surface area contributed by atoms with E-state index < -0.39 is 6.10 Å². The van der Waals surface area contributed by atoms with E-state index in [0.717, 1.165) is 11.1 Å². The first-order chi connectivity index (χ1) is 11.0. The first kappa shape index (κ1) is 15.2. The van der Waals surface area contributed by atoms with Crippen molar-refractivity contribution in [3.05, 3.63) is 71.0 Å². The Labute approximate surface area is 134 Å². The third-order valence-corrected chi connectivity index (χ3v) is 3.67. The van der Waals surface area contributed by atoms with Crippen molar-refractivity contribution in [1.82, 2.24) is 4.90 Å². The molecule has 4 nitrogen and oxygen atoms in total. The summed E-state index contributed by atoms with van der Waals surface area (Å²) in [6.07, 6.45) is -0.655. The fourth-order valence-electron chi connectivity index (χ4n) is 2.51. The standard InChI is InChI=1S/C18H17FN2O2/c1-12-5-3-7-15(9-12)17-20-23-13(2)18(22)21(17)11-14-6-4-8-16(19)10-14/h3-10,13H,11H2,1-2H3. The van der Waals surface area contributed by atoms with Gasteiger partial charge in [-0.05, 0) is 37.6 Å². The number of amides is 1. The van der Waals surface area contributed by atoms with Crippen molar-refractivity contribution in [3.63, 3.8) is 0 Å². The molecule has 1 aliphatic rings. The third-order valence-electron chi connectivity index (χ3n) is 3.67. The Morgan fingerprint density at radius 3 is 2.74 bits per heavy atom. The van der Waals surface area contributed by atoms with Crippen LogP contribution in [-0.2, 0) is 16.2 Å². The number of hydrogen-bond donors (Lipinski definition) is 0. The number of halogens is 1. The minimum absolute atomic E-state index is 0.194. The molecule has 0 saturated carbocycles. The second-order valence-corrected chi connectivity index (χ2v) is 5.59. The molecular formula is C18H17FN2O2. The van der Waals surface area contributed by atoms with Gasteiger partial charge in [0.15, 0.2) is 5.84 Å². The number of rotatable bonds is 3. The molecule has 0 aromatic heterocycles. The molecule has 5 heteroatoms. The number of oxime groups is 1. The summed E-state index contributed by atoms with van der Waals surface area (Å²) in [4.78, 5) is 19.3. The van der Waals surface area contributed by atoms with Gasteiger partial charge in [0.05, 0.1) is 6.54 Å². The predicted molar refractivity (Wildman–Crippen MR) is 85.2 cm³/mol. The van der Waals surface area contributed by atoms with E-state index in [4.69, 9.17) is 4.84 Å². The van der Waals surface area contributed by atoms with E-state index in [9.17, 15) is 9.18 Å².